The number of nitro groups is 1. The van der Waals surface area contributed by atoms with Crippen LogP contribution in [0.2, 0.25) is 0 Å². The molecule has 2 rings (SSSR count). The number of benzene rings is 2. The lowest BCUT2D eigenvalue weighted by molar-refractivity contribution is -0.384. The number of rotatable bonds is 7. The van der Waals surface area contributed by atoms with Crippen LogP contribution in [0.1, 0.15) is 18.9 Å². The number of aryl methyl sites for hydroxylation is 1. The average molecular weight is 344 g/mol. The maximum atomic E-state index is 12.5. The van der Waals surface area contributed by atoms with Gasteiger partial charge in [0.05, 0.1) is 17.7 Å². The fourth-order valence-electron chi connectivity index (χ4n) is 2.21. The van der Waals surface area contributed by atoms with Gasteiger partial charge in [0.1, 0.15) is 11.5 Å². The van der Waals surface area contributed by atoms with E-state index in [1.807, 2.05) is 6.92 Å². The Labute approximate surface area is 145 Å². The zero-order valence-electron chi connectivity index (χ0n) is 14.3. The molecule has 0 aliphatic heterocycles. The summed E-state index contributed by atoms with van der Waals surface area (Å²) in [6.45, 7) is 3.60. The van der Waals surface area contributed by atoms with Crippen molar-refractivity contribution >= 4 is 17.3 Å². The van der Waals surface area contributed by atoms with Crippen molar-refractivity contribution < 1.29 is 19.2 Å². The fourth-order valence-corrected chi connectivity index (χ4v) is 2.21. The topological polar surface area (TPSA) is 90.7 Å². The standard InChI is InChI=1S/C18H20N2O5/c1-4-17(25-15-9-7-14(24-3)8-10-15)18(21)19-16-11-13(20(22)23)6-5-12(16)2/h5-11,17H,4H2,1-3H3,(H,19,21)/t17-/m1/s1. The van der Waals surface area contributed by atoms with E-state index < -0.39 is 11.0 Å². The minimum atomic E-state index is -0.716. The number of hydrogen-bond donors (Lipinski definition) is 1. The van der Waals surface area contributed by atoms with Crippen molar-refractivity contribution in [1.82, 2.24) is 0 Å². The molecule has 1 amide bonds. The van der Waals surface area contributed by atoms with E-state index in [0.717, 1.165) is 5.56 Å². The van der Waals surface area contributed by atoms with Gasteiger partial charge in [-0.1, -0.05) is 13.0 Å². The maximum Gasteiger partial charge on any atom is 0.271 e. The molecule has 7 nitrogen and oxygen atoms in total. The van der Waals surface area contributed by atoms with Crippen molar-refractivity contribution in [2.24, 2.45) is 0 Å². The zero-order chi connectivity index (χ0) is 18.4. The molecule has 0 bridgehead atoms. The first-order valence-corrected chi connectivity index (χ1v) is 7.81. The highest BCUT2D eigenvalue weighted by Crippen LogP contribution is 2.23. The smallest absolute Gasteiger partial charge is 0.271 e. The number of ether oxygens (including phenoxy) is 2. The first-order valence-electron chi connectivity index (χ1n) is 7.81. The van der Waals surface area contributed by atoms with E-state index >= 15 is 0 Å². The Morgan fingerprint density at radius 1 is 1.20 bits per heavy atom. The number of nitro benzene ring substituents is 1. The number of nitrogens with zero attached hydrogens (tertiary/aromatic N) is 1. The number of carbonyl (C=O) groups excluding carboxylic acids is 1. The first-order chi connectivity index (χ1) is 11.9. The van der Waals surface area contributed by atoms with Crippen molar-refractivity contribution in [3.8, 4) is 11.5 Å². The molecule has 0 aliphatic rings. The largest absolute Gasteiger partial charge is 0.497 e. The molecule has 7 heteroatoms. The van der Waals surface area contributed by atoms with Crippen molar-refractivity contribution in [1.29, 1.82) is 0 Å². The lowest BCUT2D eigenvalue weighted by atomic mass is 10.1. The quantitative estimate of drug-likeness (QED) is 0.611. The van der Waals surface area contributed by atoms with Crippen LogP contribution in [0.25, 0.3) is 0 Å². The summed E-state index contributed by atoms with van der Waals surface area (Å²) >= 11 is 0. The second-order valence-corrected chi connectivity index (χ2v) is 5.44. The van der Waals surface area contributed by atoms with Crippen molar-refractivity contribution in [3.05, 3.63) is 58.1 Å². The van der Waals surface area contributed by atoms with Crippen LogP contribution in [0.5, 0.6) is 11.5 Å². The molecule has 132 valence electrons. The van der Waals surface area contributed by atoms with Crippen LogP contribution in [0.4, 0.5) is 11.4 Å². The summed E-state index contributed by atoms with van der Waals surface area (Å²) in [6, 6.07) is 11.2. The first kappa shape index (κ1) is 18.3. The van der Waals surface area contributed by atoms with E-state index in [1.54, 1.807) is 44.4 Å². The van der Waals surface area contributed by atoms with Gasteiger partial charge >= 0.3 is 0 Å². The molecule has 0 saturated heterocycles. The number of nitrogens with one attached hydrogen (secondary N) is 1. The number of amides is 1. The van der Waals surface area contributed by atoms with Gasteiger partial charge in [-0.3, -0.25) is 14.9 Å². The highest BCUT2D eigenvalue weighted by atomic mass is 16.6. The summed E-state index contributed by atoms with van der Waals surface area (Å²) in [7, 11) is 1.57. The van der Waals surface area contributed by atoms with E-state index in [2.05, 4.69) is 5.32 Å². The van der Waals surface area contributed by atoms with Crippen molar-refractivity contribution in [3.63, 3.8) is 0 Å². The predicted molar refractivity (Wildman–Crippen MR) is 94.2 cm³/mol. The molecule has 0 radical (unpaired) electrons. The Morgan fingerprint density at radius 3 is 2.40 bits per heavy atom. The Morgan fingerprint density at radius 2 is 1.84 bits per heavy atom. The Kier molecular flexibility index (Phi) is 5.94. The molecule has 0 aliphatic carbocycles. The van der Waals surface area contributed by atoms with Crippen LogP contribution in [0, 0.1) is 17.0 Å². The third-order valence-electron chi connectivity index (χ3n) is 3.69. The van der Waals surface area contributed by atoms with Gasteiger partial charge in [-0.05, 0) is 43.2 Å². The Bertz CT molecular complexity index is 759. The minimum Gasteiger partial charge on any atom is -0.497 e. The summed E-state index contributed by atoms with van der Waals surface area (Å²) in [5.41, 5.74) is 1.05. The van der Waals surface area contributed by atoms with Gasteiger partial charge in [-0.2, -0.15) is 0 Å². The average Bonchev–Trinajstić information content (AvgIpc) is 2.61. The number of non-ortho nitro benzene ring substituents is 1. The van der Waals surface area contributed by atoms with Crippen LogP contribution in [0.15, 0.2) is 42.5 Å². The van der Waals surface area contributed by atoms with E-state index in [9.17, 15) is 14.9 Å². The number of anilines is 1. The predicted octanol–water partition coefficient (Wildman–Crippen LogP) is 3.71. The molecule has 0 saturated carbocycles. The summed E-state index contributed by atoms with van der Waals surface area (Å²) in [5.74, 6) is 0.873. The molecule has 25 heavy (non-hydrogen) atoms. The van der Waals surface area contributed by atoms with Gasteiger partial charge in [0, 0.05) is 12.1 Å². The van der Waals surface area contributed by atoms with Gasteiger partial charge in [0.2, 0.25) is 0 Å². The molecule has 0 spiro atoms. The van der Waals surface area contributed by atoms with Gasteiger partial charge < -0.3 is 14.8 Å². The Balaban J connectivity index is 2.11. The van der Waals surface area contributed by atoms with Gasteiger partial charge in [0.25, 0.3) is 11.6 Å². The monoisotopic (exact) mass is 344 g/mol. The molecule has 1 N–H and O–H groups in total. The second kappa shape index (κ2) is 8.14. The van der Waals surface area contributed by atoms with Crippen molar-refractivity contribution in [2.45, 2.75) is 26.4 Å². The van der Waals surface area contributed by atoms with Crippen LogP contribution in [-0.4, -0.2) is 24.0 Å². The molecule has 2 aromatic rings. The highest BCUT2D eigenvalue weighted by Gasteiger charge is 2.20. The van der Waals surface area contributed by atoms with Crippen LogP contribution < -0.4 is 14.8 Å². The maximum absolute atomic E-state index is 12.5. The van der Waals surface area contributed by atoms with E-state index in [0.29, 0.717) is 23.6 Å². The third kappa shape index (κ3) is 4.69. The molecular formula is C18H20N2O5. The lowest BCUT2D eigenvalue weighted by Gasteiger charge is -2.18. The normalized spacial score (nSPS) is 11.5. The molecule has 0 fully saturated rings. The third-order valence-corrected chi connectivity index (χ3v) is 3.69. The van der Waals surface area contributed by atoms with E-state index in [-0.39, 0.29) is 11.6 Å². The number of carbonyl (C=O) groups is 1. The second-order valence-electron chi connectivity index (χ2n) is 5.44. The fraction of sp³-hybridized carbons (Fsp3) is 0.278. The molecule has 0 heterocycles. The Hall–Kier alpha value is -3.09. The summed E-state index contributed by atoms with van der Waals surface area (Å²) in [4.78, 5) is 22.9. The van der Waals surface area contributed by atoms with Crippen LogP contribution in [-0.2, 0) is 4.79 Å². The molecule has 2 aromatic carbocycles. The number of hydrogen-bond acceptors (Lipinski definition) is 5. The number of methoxy groups -OCH3 is 1. The van der Waals surface area contributed by atoms with E-state index in [1.165, 1.54) is 12.1 Å². The molecular weight excluding hydrogens is 324 g/mol. The molecule has 0 unspecified atom stereocenters. The summed E-state index contributed by atoms with van der Waals surface area (Å²) < 4.78 is 10.8. The summed E-state index contributed by atoms with van der Waals surface area (Å²) in [6.07, 6.45) is -0.265. The minimum absolute atomic E-state index is 0.0787. The van der Waals surface area contributed by atoms with Crippen LogP contribution >= 0.6 is 0 Å². The van der Waals surface area contributed by atoms with Gasteiger partial charge in [-0.25, -0.2) is 0 Å². The highest BCUT2D eigenvalue weighted by molar-refractivity contribution is 5.95. The lowest BCUT2D eigenvalue weighted by Crippen LogP contribution is -2.32. The molecule has 1 atom stereocenters. The zero-order valence-corrected chi connectivity index (χ0v) is 14.3. The van der Waals surface area contributed by atoms with Crippen molar-refractivity contribution in [2.75, 3.05) is 12.4 Å². The van der Waals surface area contributed by atoms with E-state index in [4.69, 9.17) is 9.47 Å². The molecule has 0 aromatic heterocycles. The van der Waals surface area contributed by atoms with Crippen LogP contribution in [0.3, 0.4) is 0 Å². The SMILES string of the molecule is CC[C@@H](Oc1ccc(OC)cc1)C(=O)Nc1cc([N+](=O)[O-])ccc1C. The summed E-state index contributed by atoms with van der Waals surface area (Å²) in [5, 5.41) is 13.6. The van der Waals surface area contributed by atoms with Gasteiger partial charge in [-0.15, -0.1) is 0 Å². The van der Waals surface area contributed by atoms with Gasteiger partial charge in [0.15, 0.2) is 6.10 Å².